The van der Waals surface area contributed by atoms with Crippen molar-refractivity contribution < 1.29 is 27.8 Å². The molecule has 0 saturated heterocycles. The molecule has 1 aromatic heterocycles. The number of nitrogens with two attached hydrogens (primary N) is 1. The Morgan fingerprint density at radius 1 is 1.19 bits per heavy atom. The van der Waals surface area contributed by atoms with Crippen molar-refractivity contribution in [1.82, 2.24) is 14.9 Å². The average Bonchev–Trinajstić information content (AvgIpc) is 3.48. The lowest BCUT2D eigenvalue weighted by Gasteiger charge is -2.29. The van der Waals surface area contributed by atoms with Crippen molar-refractivity contribution in [2.75, 3.05) is 6.61 Å². The van der Waals surface area contributed by atoms with Crippen LogP contribution in [-0.4, -0.2) is 46.5 Å². The molecule has 170 valence electrons. The van der Waals surface area contributed by atoms with Crippen LogP contribution < -0.4 is 20.5 Å². The lowest BCUT2D eigenvalue weighted by Crippen LogP contribution is -2.40. The number of benzene rings is 1. The number of primary amides is 1. The Hall–Kier alpha value is -2.62. The van der Waals surface area contributed by atoms with Crippen molar-refractivity contribution in [2.24, 2.45) is 12.8 Å². The molecule has 8 nitrogen and oxygen atoms in total. The number of aromatic nitrogens is 2. The van der Waals surface area contributed by atoms with E-state index >= 15 is 0 Å². The third-order valence-electron chi connectivity index (χ3n) is 5.64. The van der Waals surface area contributed by atoms with Gasteiger partial charge in [-0.05, 0) is 45.4 Å². The Kier molecular flexibility index (Phi) is 6.17. The van der Waals surface area contributed by atoms with E-state index in [2.05, 4.69) is 10.3 Å². The fraction of sp³-hybridized carbons (Fsp3) is 0.619. The molecular weight excluding hydrogens is 410 g/mol. The molecule has 2 amide bonds. The first-order chi connectivity index (χ1) is 14.8. The minimum absolute atomic E-state index is 0.0751. The first-order valence-corrected chi connectivity index (χ1v) is 10.7. The summed E-state index contributed by atoms with van der Waals surface area (Å²) in [6, 6.07) is 0.712. The molecule has 0 aliphatic heterocycles. The summed E-state index contributed by atoms with van der Waals surface area (Å²) in [5.74, 6) is -1.84. The highest BCUT2D eigenvalue weighted by molar-refractivity contribution is 5.79. The second kappa shape index (κ2) is 8.86. The molecule has 4 rings (SSSR count). The zero-order valence-electron chi connectivity index (χ0n) is 17.7. The van der Waals surface area contributed by atoms with Crippen molar-refractivity contribution in [3.8, 4) is 11.8 Å². The molecule has 1 heterocycles. The second-order valence-electron chi connectivity index (χ2n) is 8.40. The van der Waals surface area contributed by atoms with Gasteiger partial charge in [0.1, 0.15) is 11.6 Å². The van der Waals surface area contributed by atoms with Crippen LogP contribution in [0.3, 0.4) is 0 Å². The summed E-state index contributed by atoms with van der Waals surface area (Å²) < 4.78 is 48.0. The topological polar surface area (TPSA) is 101 Å². The summed E-state index contributed by atoms with van der Waals surface area (Å²) in [4.78, 5) is 15.1. The number of hydrogen-bond donors (Lipinski definition) is 2. The van der Waals surface area contributed by atoms with E-state index in [0.29, 0.717) is 6.61 Å². The molecule has 1 atom stereocenters. The van der Waals surface area contributed by atoms with Gasteiger partial charge in [-0.3, -0.25) is 4.57 Å². The van der Waals surface area contributed by atoms with Crippen LogP contribution in [0.15, 0.2) is 6.07 Å². The van der Waals surface area contributed by atoms with E-state index in [1.165, 1.54) is 10.6 Å². The van der Waals surface area contributed by atoms with Gasteiger partial charge in [0.2, 0.25) is 0 Å². The number of fused-ring (bicyclic) bond motifs is 1. The zero-order valence-corrected chi connectivity index (χ0v) is 17.7. The molecule has 0 unspecified atom stereocenters. The van der Waals surface area contributed by atoms with Crippen LogP contribution in [0.5, 0.6) is 11.8 Å². The van der Waals surface area contributed by atoms with Crippen LogP contribution in [0.4, 0.5) is 13.6 Å². The van der Waals surface area contributed by atoms with E-state index in [1.54, 1.807) is 7.05 Å². The van der Waals surface area contributed by atoms with Crippen LogP contribution >= 0.6 is 0 Å². The molecule has 2 aromatic rings. The van der Waals surface area contributed by atoms with Crippen molar-refractivity contribution in [3.05, 3.63) is 17.7 Å². The van der Waals surface area contributed by atoms with Gasteiger partial charge in [0.25, 0.3) is 6.01 Å². The maximum atomic E-state index is 14.9. The fourth-order valence-corrected chi connectivity index (χ4v) is 3.85. The number of halogens is 2. The number of nitrogens with one attached hydrogen (secondary N) is 1. The molecule has 1 aromatic carbocycles. The quantitative estimate of drug-likeness (QED) is 0.659. The highest BCUT2D eigenvalue weighted by Crippen LogP contribution is 2.36. The number of imidazole rings is 1. The molecule has 2 aliphatic carbocycles. The number of carbonyl (C=O) groups is 1. The molecule has 0 spiro atoms. The molecule has 2 saturated carbocycles. The molecule has 2 aliphatic rings. The van der Waals surface area contributed by atoms with Gasteiger partial charge >= 0.3 is 6.03 Å². The lowest BCUT2D eigenvalue weighted by molar-refractivity contribution is -0.00550. The average molecular weight is 438 g/mol. The highest BCUT2D eigenvalue weighted by Gasteiger charge is 2.30. The molecule has 31 heavy (non-hydrogen) atoms. The fourth-order valence-electron chi connectivity index (χ4n) is 3.85. The van der Waals surface area contributed by atoms with Gasteiger partial charge in [-0.1, -0.05) is 0 Å². The van der Waals surface area contributed by atoms with Crippen LogP contribution in [0, 0.1) is 11.6 Å². The van der Waals surface area contributed by atoms with Crippen molar-refractivity contribution >= 4 is 17.1 Å². The van der Waals surface area contributed by atoms with Gasteiger partial charge in [0.05, 0.1) is 30.4 Å². The predicted octanol–water partition coefficient (Wildman–Crippen LogP) is 3.16. The maximum Gasteiger partial charge on any atom is 0.312 e. The van der Waals surface area contributed by atoms with Gasteiger partial charge < -0.3 is 25.3 Å². The number of ether oxygens (including phenoxy) is 3. The van der Waals surface area contributed by atoms with Gasteiger partial charge in [0.15, 0.2) is 17.4 Å². The number of carbonyl (C=O) groups excluding carboxylic acids is 1. The van der Waals surface area contributed by atoms with Crippen LogP contribution in [0.25, 0.3) is 11.0 Å². The smallest absolute Gasteiger partial charge is 0.312 e. The third kappa shape index (κ3) is 5.00. The van der Waals surface area contributed by atoms with Crippen molar-refractivity contribution in [1.29, 1.82) is 0 Å². The molecule has 10 heteroatoms. The van der Waals surface area contributed by atoms with E-state index in [0.717, 1.165) is 38.5 Å². The summed E-state index contributed by atoms with van der Waals surface area (Å²) in [6.45, 7) is 2.22. The lowest BCUT2D eigenvalue weighted by atomic mass is 9.95. The Balaban J connectivity index is 1.36. The van der Waals surface area contributed by atoms with Crippen molar-refractivity contribution in [2.45, 2.75) is 69.8 Å². The Morgan fingerprint density at radius 3 is 2.45 bits per heavy atom. The third-order valence-corrected chi connectivity index (χ3v) is 5.64. The number of urea groups is 1. The van der Waals surface area contributed by atoms with Gasteiger partial charge in [-0.15, -0.1) is 0 Å². The number of rotatable bonds is 8. The summed E-state index contributed by atoms with van der Waals surface area (Å²) in [6.07, 6.45) is 4.57. The largest absolute Gasteiger partial charge is 0.484 e. The van der Waals surface area contributed by atoms with Crippen molar-refractivity contribution in [3.63, 3.8) is 0 Å². The first kappa shape index (κ1) is 21.6. The minimum Gasteiger partial charge on any atom is -0.484 e. The van der Waals surface area contributed by atoms with E-state index < -0.39 is 17.7 Å². The molecule has 2 fully saturated rings. The monoisotopic (exact) mass is 438 g/mol. The van der Waals surface area contributed by atoms with Gasteiger partial charge in [-0.2, -0.15) is 4.98 Å². The zero-order chi connectivity index (χ0) is 22.1. The summed E-state index contributed by atoms with van der Waals surface area (Å²) >= 11 is 0. The molecular formula is C21H28F2N4O4. The number of hydrogen-bond acceptors (Lipinski definition) is 5. The van der Waals surface area contributed by atoms with E-state index in [4.69, 9.17) is 19.9 Å². The van der Waals surface area contributed by atoms with E-state index in [9.17, 15) is 13.6 Å². The maximum absolute atomic E-state index is 14.9. The molecule has 3 N–H and O–H groups in total. The van der Waals surface area contributed by atoms with Crippen LogP contribution in [0.1, 0.15) is 45.4 Å². The number of aryl methyl sites for hydroxylation is 1. The first-order valence-electron chi connectivity index (χ1n) is 10.7. The minimum atomic E-state index is -0.751. The normalized spacial score (nSPS) is 22.3. The highest BCUT2D eigenvalue weighted by atomic mass is 19.1. The summed E-state index contributed by atoms with van der Waals surface area (Å²) in [7, 11) is 1.65. The Morgan fingerprint density at radius 2 is 1.81 bits per heavy atom. The second-order valence-corrected chi connectivity index (χ2v) is 8.40. The Labute approximate surface area is 179 Å². The molecule has 0 bridgehead atoms. The predicted molar refractivity (Wildman–Crippen MR) is 109 cm³/mol. The number of amides is 2. The van der Waals surface area contributed by atoms with Gasteiger partial charge in [0, 0.05) is 13.1 Å². The van der Waals surface area contributed by atoms with Crippen LogP contribution in [-0.2, 0) is 11.8 Å². The SMILES string of the molecule is C[C@@H](COC1CCC(Oc2nc3cc(F)c(OC4CC4)c(F)c3n2C)CC1)NC(N)=O. The molecule has 0 radical (unpaired) electrons. The summed E-state index contributed by atoms with van der Waals surface area (Å²) in [5, 5.41) is 2.58. The van der Waals surface area contributed by atoms with Gasteiger partial charge in [-0.25, -0.2) is 13.6 Å². The standard InChI is InChI=1S/C21H28F2N4O4/c1-11(25-20(24)28)10-29-12-3-5-14(6-4-12)31-21-26-16-9-15(22)19(30-13-7-8-13)17(23)18(16)27(21)2/h9,11-14H,3-8,10H2,1-2H3,(H3,24,25,28)/t11-,12?,14?/m0/s1. The van der Waals surface area contributed by atoms with Crippen LogP contribution in [0.2, 0.25) is 0 Å². The van der Waals surface area contributed by atoms with E-state index in [1.807, 2.05) is 6.92 Å². The number of nitrogens with zero attached hydrogens (tertiary/aromatic N) is 2. The van der Waals surface area contributed by atoms with E-state index in [-0.39, 0.29) is 47.1 Å². The summed E-state index contributed by atoms with van der Waals surface area (Å²) in [5.41, 5.74) is 5.47. The Bertz CT molecular complexity index is 955.